The van der Waals surface area contributed by atoms with Gasteiger partial charge in [-0.15, -0.1) is 0 Å². The van der Waals surface area contributed by atoms with Crippen molar-refractivity contribution in [3.8, 4) is 0 Å². The quantitative estimate of drug-likeness (QED) is 0.682. The fourth-order valence-corrected chi connectivity index (χ4v) is 3.92. The molecule has 1 unspecified atom stereocenters. The zero-order valence-corrected chi connectivity index (χ0v) is 15.6. The van der Waals surface area contributed by atoms with Crippen molar-refractivity contribution in [1.82, 2.24) is 15.0 Å². The molecule has 1 aromatic carbocycles. The zero-order chi connectivity index (χ0) is 19.1. The van der Waals surface area contributed by atoms with Gasteiger partial charge in [0.05, 0.1) is 6.04 Å². The van der Waals surface area contributed by atoms with Gasteiger partial charge in [0.1, 0.15) is 5.76 Å². The molecule has 140 valence electrons. The minimum atomic E-state index is -0.700. The van der Waals surface area contributed by atoms with Crippen LogP contribution in [0.2, 0.25) is 0 Å². The number of aryl methyl sites for hydroxylation is 1. The molecule has 0 fully saturated rings. The van der Waals surface area contributed by atoms with Crippen LogP contribution in [0.1, 0.15) is 36.9 Å². The van der Waals surface area contributed by atoms with E-state index in [2.05, 4.69) is 35.4 Å². The number of carbonyl (C=O) groups is 2. The van der Waals surface area contributed by atoms with Gasteiger partial charge < -0.3 is 14.4 Å². The van der Waals surface area contributed by atoms with E-state index in [9.17, 15) is 9.59 Å². The maximum Gasteiger partial charge on any atom is 0.315 e. The summed E-state index contributed by atoms with van der Waals surface area (Å²) in [6.45, 7) is 6.35. The number of hydrogen-bond acceptors (Lipinski definition) is 4. The minimum Gasteiger partial charge on any atom is -0.360 e. The molecule has 0 saturated heterocycles. The highest BCUT2D eigenvalue weighted by Crippen LogP contribution is 2.38. The van der Waals surface area contributed by atoms with Gasteiger partial charge in [-0.1, -0.05) is 37.2 Å². The van der Waals surface area contributed by atoms with E-state index < -0.39 is 11.8 Å². The van der Waals surface area contributed by atoms with E-state index in [4.69, 9.17) is 4.52 Å². The van der Waals surface area contributed by atoms with Crippen molar-refractivity contribution >= 4 is 28.5 Å². The molecule has 7 heteroatoms. The fraction of sp³-hybridized carbons (Fsp3) is 0.350. The molecule has 0 bridgehead atoms. The van der Waals surface area contributed by atoms with Crippen molar-refractivity contribution in [3.05, 3.63) is 47.3 Å². The van der Waals surface area contributed by atoms with Crippen LogP contribution in [0.5, 0.6) is 0 Å². The highest BCUT2D eigenvalue weighted by molar-refractivity contribution is 6.39. The number of nitrogens with zero attached hydrogens (tertiary/aromatic N) is 2. The first-order valence-electron chi connectivity index (χ1n) is 9.10. The maximum atomic E-state index is 12.9. The Hall–Kier alpha value is -3.09. The number of nitrogens with one attached hydrogen (secondary N) is 2. The number of fused-ring (bicyclic) bond motifs is 3. The smallest absolute Gasteiger partial charge is 0.315 e. The predicted octanol–water partition coefficient (Wildman–Crippen LogP) is 3.18. The third-order valence-electron chi connectivity index (χ3n) is 5.04. The average molecular weight is 366 g/mol. The number of para-hydroxylation sites is 1. The van der Waals surface area contributed by atoms with Crippen LogP contribution >= 0.6 is 0 Å². The molecule has 27 heavy (non-hydrogen) atoms. The Labute approximate surface area is 156 Å². The third-order valence-corrected chi connectivity index (χ3v) is 5.04. The van der Waals surface area contributed by atoms with Gasteiger partial charge >= 0.3 is 11.8 Å². The number of hydrogen-bond donors (Lipinski definition) is 2. The first-order valence-corrected chi connectivity index (χ1v) is 9.10. The Balaban J connectivity index is 1.64. The summed E-state index contributed by atoms with van der Waals surface area (Å²) in [4.78, 5) is 30.5. The van der Waals surface area contributed by atoms with Crippen LogP contribution < -0.4 is 5.32 Å². The fourth-order valence-electron chi connectivity index (χ4n) is 3.92. The van der Waals surface area contributed by atoms with Gasteiger partial charge in [0, 0.05) is 29.2 Å². The zero-order valence-electron chi connectivity index (χ0n) is 15.6. The molecular weight excluding hydrogens is 344 g/mol. The lowest BCUT2D eigenvalue weighted by Crippen LogP contribution is -2.47. The monoisotopic (exact) mass is 366 g/mol. The van der Waals surface area contributed by atoms with Gasteiger partial charge in [-0.25, -0.2) is 0 Å². The molecule has 1 atom stereocenters. The molecule has 0 aliphatic carbocycles. The van der Waals surface area contributed by atoms with E-state index in [-0.39, 0.29) is 17.8 Å². The molecule has 1 aliphatic heterocycles. The molecule has 2 amide bonds. The molecule has 7 nitrogen and oxygen atoms in total. The van der Waals surface area contributed by atoms with Crippen molar-refractivity contribution in [2.24, 2.45) is 5.92 Å². The van der Waals surface area contributed by atoms with E-state index in [1.807, 2.05) is 18.2 Å². The largest absolute Gasteiger partial charge is 0.360 e. The molecule has 4 rings (SSSR count). The highest BCUT2D eigenvalue weighted by Gasteiger charge is 2.37. The SMILES string of the molecule is Cc1cc(NC(=O)C(=O)N2CCc3c([nH]c4ccccc34)C2C(C)C)no1. The molecule has 2 aromatic heterocycles. The summed E-state index contributed by atoms with van der Waals surface area (Å²) in [5.41, 5.74) is 3.32. The van der Waals surface area contributed by atoms with Gasteiger partial charge in [0.15, 0.2) is 5.82 Å². The second-order valence-electron chi connectivity index (χ2n) is 7.28. The molecule has 1 aliphatic rings. The summed E-state index contributed by atoms with van der Waals surface area (Å²) in [5.74, 6) is -0.288. The van der Waals surface area contributed by atoms with Crippen molar-refractivity contribution < 1.29 is 14.1 Å². The number of rotatable bonds is 2. The van der Waals surface area contributed by atoms with E-state index in [1.54, 1.807) is 17.9 Å². The summed E-state index contributed by atoms with van der Waals surface area (Å²) in [6.07, 6.45) is 0.713. The van der Waals surface area contributed by atoms with Gasteiger partial charge in [-0.05, 0) is 30.9 Å². The van der Waals surface area contributed by atoms with Crippen LogP contribution in [-0.4, -0.2) is 33.4 Å². The molecule has 3 heterocycles. The normalized spacial score (nSPS) is 16.6. The summed E-state index contributed by atoms with van der Waals surface area (Å²) in [7, 11) is 0. The molecule has 0 spiro atoms. The lowest BCUT2D eigenvalue weighted by atomic mass is 9.90. The predicted molar refractivity (Wildman–Crippen MR) is 101 cm³/mol. The van der Waals surface area contributed by atoms with Gasteiger partial charge in [0.2, 0.25) is 0 Å². The van der Waals surface area contributed by atoms with E-state index in [1.165, 1.54) is 10.9 Å². The molecule has 2 N–H and O–H groups in total. The lowest BCUT2D eigenvalue weighted by Gasteiger charge is -2.37. The lowest BCUT2D eigenvalue weighted by molar-refractivity contribution is -0.146. The van der Waals surface area contributed by atoms with E-state index in [0.717, 1.165) is 11.2 Å². The van der Waals surface area contributed by atoms with Crippen LogP contribution in [0.3, 0.4) is 0 Å². The Morgan fingerprint density at radius 1 is 1.33 bits per heavy atom. The van der Waals surface area contributed by atoms with Crippen molar-refractivity contribution in [3.63, 3.8) is 0 Å². The number of anilines is 1. The van der Waals surface area contributed by atoms with Gasteiger partial charge in [-0.3, -0.25) is 14.9 Å². The summed E-state index contributed by atoms with van der Waals surface area (Å²) in [6, 6.07) is 9.54. The van der Waals surface area contributed by atoms with E-state index >= 15 is 0 Å². The highest BCUT2D eigenvalue weighted by atomic mass is 16.5. The first kappa shape index (κ1) is 17.3. The maximum absolute atomic E-state index is 12.9. The molecule has 0 radical (unpaired) electrons. The van der Waals surface area contributed by atoms with Gasteiger partial charge in [0.25, 0.3) is 0 Å². The molecule has 0 saturated carbocycles. The van der Waals surface area contributed by atoms with E-state index in [0.29, 0.717) is 18.7 Å². The summed E-state index contributed by atoms with van der Waals surface area (Å²) < 4.78 is 4.94. The Morgan fingerprint density at radius 3 is 2.81 bits per heavy atom. The Morgan fingerprint density at radius 2 is 2.11 bits per heavy atom. The average Bonchev–Trinajstić information content (AvgIpc) is 3.22. The second kappa shape index (κ2) is 6.57. The number of amides is 2. The molecule has 3 aromatic rings. The molecular formula is C20H22N4O3. The minimum absolute atomic E-state index is 0.156. The van der Waals surface area contributed by atoms with Crippen LogP contribution in [-0.2, 0) is 16.0 Å². The standard InChI is InChI=1S/C20H22N4O3/c1-11(2)18-17-14(13-6-4-5-7-15(13)21-17)8-9-24(18)20(26)19(25)22-16-10-12(3)27-23-16/h4-7,10-11,18,21H,8-9H2,1-3H3,(H,22,23,25). The van der Waals surface area contributed by atoms with Gasteiger partial charge in [-0.2, -0.15) is 0 Å². The number of aromatic amines is 1. The number of benzene rings is 1. The Kier molecular flexibility index (Phi) is 4.22. The third kappa shape index (κ3) is 2.99. The van der Waals surface area contributed by atoms with Crippen molar-refractivity contribution in [2.45, 2.75) is 33.2 Å². The second-order valence-corrected chi connectivity index (χ2v) is 7.28. The first-order chi connectivity index (χ1) is 13.0. The number of H-pyrrole nitrogens is 1. The summed E-state index contributed by atoms with van der Waals surface area (Å²) >= 11 is 0. The van der Waals surface area contributed by atoms with Crippen molar-refractivity contribution in [2.75, 3.05) is 11.9 Å². The number of carbonyl (C=O) groups excluding carboxylic acids is 2. The van der Waals surface area contributed by atoms with Crippen LogP contribution in [0, 0.1) is 12.8 Å². The Bertz CT molecular complexity index is 1020. The topological polar surface area (TPSA) is 91.2 Å². The van der Waals surface area contributed by atoms with Crippen LogP contribution in [0.4, 0.5) is 5.82 Å². The summed E-state index contributed by atoms with van der Waals surface area (Å²) in [5, 5.41) is 7.43. The van der Waals surface area contributed by atoms with Crippen LogP contribution in [0.15, 0.2) is 34.9 Å². The van der Waals surface area contributed by atoms with Crippen molar-refractivity contribution in [1.29, 1.82) is 0 Å². The van der Waals surface area contributed by atoms with Crippen LogP contribution in [0.25, 0.3) is 10.9 Å². The number of aromatic nitrogens is 2.